The lowest BCUT2D eigenvalue weighted by molar-refractivity contribution is -0.126. The number of hydrogen-bond donors (Lipinski definition) is 2. The van der Waals surface area contributed by atoms with Gasteiger partial charge in [-0.3, -0.25) is 10.1 Å². The van der Waals surface area contributed by atoms with Gasteiger partial charge in [0.1, 0.15) is 6.10 Å². The number of nitrogens with two attached hydrogens (primary N) is 1. The number of halogens is 2. The van der Waals surface area contributed by atoms with E-state index in [-0.39, 0.29) is 24.4 Å². The van der Waals surface area contributed by atoms with Gasteiger partial charge in [0, 0.05) is 22.0 Å². The number of ether oxygens (including phenoxy) is 1. The van der Waals surface area contributed by atoms with Crippen LogP contribution >= 0.6 is 39.7 Å². The van der Waals surface area contributed by atoms with Crippen molar-refractivity contribution < 1.29 is 9.53 Å². The zero-order valence-electron chi connectivity index (χ0n) is 12.2. The summed E-state index contributed by atoms with van der Waals surface area (Å²) in [5.41, 5.74) is 7.41. The fourth-order valence-corrected chi connectivity index (χ4v) is 3.49. The standard InChI is InChI=1S/C15H16BrN3O2S.ClH/c16-10-3-1-2-9(6-10)12-8-22-15(18-12)19-14(20)13-5-4-11(7-17)21-13;/h1-3,6,8,11,13H,4-5,7,17H2,(H,18,19,20);1H/t11-,13+;/m1./s1. The van der Waals surface area contributed by atoms with Crippen LogP contribution in [0.25, 0.3) is 11.3 Å². The maximum atomic E-state index is 12.2. The molecule has 1 aromatic carbocycles. The lowest BCUT2D eigenvalue weighted by Gasteiger charge is -2.11. The number of hydrogen-bond acceptors (Lipinski definition) is 5. The van der Waals surface area contributed by atoms with Gasteiger partial charge in [-0.15, -0.1) is 23.7 Å². The number of thiazole rings is 1. The van der Waals surface area contributed by atoms with Gasteiger partial charge in [0.25, 0.3) is 5.91 Å². The maximum absolute atomic E-state index is 12.2. The minimum atomic E-state index is -0.424. The molecule has 124 valence electrons. The predicted octanol–water partition coefficient (Wildman–Crippen LogP) is 3.44. The van der Waals surface area contributed by atoms with Gasteiger partial charge in [-0.05, 0) is 25.0 Å². The molecule has 23 heavy (non-hydrogen) atoms. The Labute approximate surface area is 153 Å². The largest absolute Gasteiger partial charge is 0.364 e. The van der Waals surface area contributed by atoms with E-state index in [4.69, 9.17) is 10.5 Å². The quantitative estimate of drug-likeness (QED) is 0.797. The van der Waals surface area contributed by atoms with Crippen molar-refractivity contribution in [2.45, 2.75) is 25.0 Å². The summed E-state index contributed by atoms with van der Waals surface area (Å²) in [6, 6.07) is 7.89. The van der Waals surface area contributed by atoms with Crippen molar-refractivity contribution in [2.24, 2.45) is 5.73 Å². The molecule has 2 atom stereocenters. The van der Waals surface area contributed by atoms with Crippen molar-refractivity contribution >= 4 is 50.7 Å². The first kappa shape index (κ1) is 18.4. The van der Waals surface area contributed by atoms with Crippen molar-refractivity contribution in [3.8, 4) is 11.3 Å². The lowest BCUT2D eigenvalue weighted by Crippen LogP contribution is -2.29. The van der Waals surface area contributed by atoms with Crippen LogP contribution in [-0.2, 0) is 9.53 Å². The smallest absolute Gasteiger partial charge is 0.255 e. The molecule has 1 aromatic heterocycles. The summed E-state index contributed by atoms with van der Waals surface area (Å²) in [4.78, 5) is 16.6. The number of anilines is 1. The fraction of sp³-hybridized carbons (Fsp3) is 0.333. The van der Waals surface area contributed by atoms with Crippen molar-refractivity contribution in [1.82, 2.24) is 4.98 Å². The number of amides is 1. The number of benzene rings is 1. The van der Waals surface area contributed by atoms with Crippen LogP contribution in [0.5, 0.6) is 0 Å². The van der Waals surface area contributed by atoms with E-state index < -0.39 is 6.10 Å². The van der Waals surface area contributed by atoms with E-state index in [1.165, 1.54) is 11.3 Å². The molecule has 3 N–H and O–H groups in total. The van der Waals surface area contributed by atoms with Crippen LogP contribution in [0.3, 0.4) is 0 Å². The molecule has 2 heterocycles. The molecule has 0 unspecified atom stereocenters. The molecule has 1 saturated heterocycles. The highest BCUT2D eigenvalue weighted by molar-refractivity contribution is 9.10. The Morgan fingerprint density at radius 2 is 2.30 bits per heavy atom. The van der Waals surface area contributed by atoms with E-state index in [9.17, 15) is 4.79 Å². The Hall–Kier alpha value is -0.990. The van der Waals surface area contributed by atoms with Gasteiger partial charge in [0.15, 0.2) is 5.13 Å². The van der Waals surface area contributed by atoms with Crippen LogP contribution in [-0.4, -0.2) is 29.6 Å². The van der Waals surface area contributed by atoms with Gasteiger partial charge < -0.3 is 10.5 Å². The molecule has 0 saturated carbocycles. The topological polar surface area (TPSA) is 77.2 Å². The van der Waals surface area contributed by atoms with E-state index in [1.54, 1.807) is 0 Å². The number of rotatable bonds is 4. The first-order valence-corrected chi connectivity index (χ1v) is 8.71. The predicted molar refractivity (Wildman–Crippen MR) is 98.1 cm³/mol. The minimum Gasteiger partial charge on any atom is -0.364 e. The number of carbonyl (C=O) groups is 1. The average Bonchev–Trinajstić information content (AvgIpc) is 3.16. The third kappa shape index (κ3) is 4.51. The highest BCUT2D eigenvalue weighted by Gasteiger charge is 2.30. The monoisotopic (exact) mass is 417 g/mol. The van der Waals surface area contributed by atoms with Gasteiger partial charge in [0.05, 0.1) is 11.8 Å². The number of nitrogens with one attached hydrogen (secondary N) is 1. The lowest BCUT2D eigenvalue weighted by atomic mass is 10.2. The third-order valence-corrected chi connectivity index (χ3v) is 4.77. The van der Waals surface area contributed by atoms with Crippen molar-refractivity contribution in [2.75, 3.05) is 11.9 Å². The molecule has 0 aliphatic carbocycles. The maximum Gasteiger partial charge on any atom is 0.255 e. The van der Waals surface area contributed by atoms with E-state index in [2.05, 4.69) is 26.2 Å². The summed E-state index contributed by atoms with van der Waals surface area (Å²) in [6.45, 7) is 0.452. The second kappa shape index (κ2) is 8.21. The van der Waals surface area contributed by atoms with Crippen LogP contribution in [0.15, 0.2) is 34.1 Å². The summed E-state index contributed by atoms with van der Waals surface area (Å²) in [5.74, 6) is -0.147. The number of nitrogens with zero attached hydrogens (tertiary/aromatic N) is 1. The van der Waals surface area contributed by atoms with Crippen LogP contribution in [0.2, 0.25) is 0 Å². The van der Waals surface area contributed by atoms with Gasteiger partial charge in [-0.25, -0.2) is 4.98 Å². The highest BCUT2D eigenvalue weighted by Crippen LogP contribution is 2.27. The summed E-state index contributed by atoms with van der Waals surface area (Å²) in [7, 11) is 0. The average molecular weight is 419 g/mol. The molecule has 0 bridgehead atoms. The molecule has 1 aliphatic heterocycles. The van der Waals surface area contributed by atoms with Crippen molar-refractivity contribution in [3.63, 3.8) is 0 Å². The van der Waals surface area contributed by atoms with Crippen LogP contribution in [0.1, 0.15) is 12.8 Å². The van der Waals surface area contributed by atoms with Crippen LogP contribution < -0.4 is 11.1 Å². The Balaban J connectivity index is 0.00000192. The van der Waals surface area contributed by atoms with E-state index in [0.717, 1.165) is 22.2 Å². The first-order valence-electron chi connectivity index (χ1n) is 7.03. The molecule has 0 radical (unpaired) electrons. The van der Waals surface area contributed by atoms with E-state index >= 15 is 0 Å². The zero-order chi connectivity index (χ0) is 15.5. The van der Waals surface area contributed by atoms with Gasteiger partial charge in [0.2, 0.25) is 0 Å². The van der Waals surface area contributed by atoms with Gasteiger partial charge >= 0.3 is 0 Å². The van der Waals surface area contributed by atoms with Crippen LogP contribution in [0.4, 0.5) is 5.13 Å². The van der Waals surface area contributed by atoms with Gasteiger partial charge in [-0.2, -0.15) is 0 Å². The Morgan fingerprint density at radius 1 is 1.48 bits per heavy atom. The molecule has 0 spiro atoms. The van der Waals surface area contributed by atoms with Crippen molar-refractivity contribution in [3.05, 3.63) is 34.1 Å². The Morgan fingerprint density at radius 3 is 3.00 bits per heavy atom. The molecule has 8 heteroatoms. The molecule has 1 fully saturated rings. The molecule has 2 aromatic rings. The van der Waals surface area contributed by atoms with E-state index in [1.807, 2.05) is 29.6 Å². The fourth-order valence-electron chi connectivity index (χ4n) is 2.37. The molecule has 3 rings (SSSR count). The molecule has 1 aliphatic rings. The molecular formula is C15H17BrClN3O2S. The molecular weight excluding hydrogens is 402 g/mol. The highest BCUT2D eigenvalue weighted by atomic mass is 79.9. The summed E-state index contributed by atoms with van der Waals surface area (Å²) in [6.07, 6.45) is 1.10. The first-order chi connectivity index (χ1) is 10.7. The Bertz CT molecular complexity index is 682. The van der Waals surface area contributed by atoms with Gasteiger partial charge in [-0.1, -0.05) is 28.1 Å². The van der Waals surface area contributed by atoms with Crippen LogP contribution in [0, 0.1) is 0 Å². The molecule has 5 nitrogen and oxygen atoms in total. The molecule has 1 amide bonds. The summed E-state index contributed by atoms with van der Waals surface area (Å²) in [5, 5.41) is 5.33. The second-order valence-electron chi connectivity index (χ2n) is 5.10. The Kier molecular flexibility index (Phi) is 6.55. The summed E-state index contributed by atoms with van der Waals surface area (Å²) >= 11 is 4.85. The second-order valence-corrected chi connectivity index (χ2v) is 6.87. The zero-order valence-corrected chi connectivity index (χ0v) is 15.4. The third-order valence-electron chi connectivity index (χ3n) is 3.52. The number of carbonyl (C=O) groups excluding carboxylic acids is 1. The minimum absolute atomic E-state index is 0. The van der Waals surface area contributed by atoms with Crippen molar-refractivity contribution in [1.29, 1.82) is 0 Å². The van der Waals surface area contributed by atoms with E-state index in [0.29, 0.717) is 18.1 Å². The number of aromatic nitrogens is 1. The SMILES string of the molecule is Cl.NC[C@H]1CC[C@@H](C(=O)Nc2nc(-c3cccc(Br)c3)cs2)O1. The normalized spacial score (nSPS) is 20.1. The summed E-state index contributed by atoms with van der Waals surface area (Å²) < 4.78 is 6.58.